The fourth-order valence-electron chi connectivity index (χ4n) is 3.97. The third-order valence-electron chi connectivity index (χ3n) is 5.44. The molecule has 0 radical (unpaired) electrons. The molecule has 0 saturated carbocycles. The topological polar surface area (TPSA) is 61.6 Å². The Labute approximate surface area is 160 Å². The number of aromatic nitrogens is 3. The third kappa shape index (κ3) is 4.48. The minimum Gasteiger partial charge on any atom is -0.481 e. The van der Waals surface area contributed by atoms with Gasteiger partial charge in [0.2, 0.25) is 5.88 Å². The first-order valence-corrected chi connectivity index (χ1v) is 9.70. The standard InChI is InChI=1S/C20H28N4O3/c1-25-20-17(3-2-6-22-20)10-23-11-18-9-21-15-24(18)19(12-23)14-27-13-16-4-7-26-8-5-16/h2-3,6,9,15-16,19H,4-5,7-8,10-14H2,1H3/t19-/m0/s1. The van der Waals surface area contributed by atoms with Gasteiger partial charge in [0, 0.05) is 57.4 Å². The number of fused-ring (bicyclic) bond motifs is 1. The van der Waals surface area contributed by atoms with Gasteiger partial charge in [-0.05, 0) is 24.8 Å². The van der Waals surface area contributed by atoms with Crippen molar-refractivity contribution in [3.05, 3.63) is 42.1 Å². The molecule has 0 N–H and O–H groups in total. The van der Waals surface area contributed by atoms with E-state index in [1.807, 2.05) is 18.6 Å². The highest BCUT2D eigenvalue weighted by Gasteiger charge is 2.26. The van der Waals surface area contributed by atoms with Gasteiger partial charge in [0.25, 0.3) is 0 Å². The molecular weight excluding hydrogens is 344 g/mol. The Hall–Kier alpha value is -1.96. The van der Waals surface area contributed by atoms with Crippen molar-refractivity contribution in [1.29, 1.82) is 0 Å². The Morgan fingerprint density at radius 3 is 3.00 bits per heavy atom. The minimum atomic E-state index is 0.277. The van der Waals surface area contributed by atoms with Crippen LogP contribution in [0.3, 0.4) is 0 Å². The first kappa shape index (κ1) is 18.4. The van der Waals surface area contributed by atoms with Gasteiger partial charge in [-0.1, -0.05) is 6.07 Å². The Morgan fingerprint density at radius 1 is 1.26 bits per heavy atom. The largest absolute Gasteiger partial charge is 0.481 e. The van der Waals surface area contributed by atoms with Gasteiger partial charge in [0.15, 0.2) is 0 Å². The highest BCUT2D eigenvalue weighted by molar-refractivity contribution is 5.25. The third-order valence-corrected chi connectivity index (χ3v) is 5.44. The number of pyridine rings is 1. The van der Waals surface area contributed by atoms with E-state index in [1.165, 1.54) is 5.69 Å². The van der Waals surface area contributed by atoms with Crippen molar-refractivity contribution >= 4 is 0 Å². The molecule has 1 saturated heterocycles. The van der Waals surface area contributed by atoms with Crippen LogP contribution in [0, 0.1) is 5.92 Å². The summed E-state index contributed by atoms with van der Waals surface area (Å²) in [6.07, 6.45) is 7.86. The first-order valence-electron chi connectivity index (χ1n) is 9.70. The summed E-state index contributed by atoms with van der Waals surface area (Å²) in [4.78, 5) is 11.1. The van der Waals surface area contributed by atoms with E-state index in [2.05, 4.69) is 25.5 Å². The molecular formula is C20H28N4O3. The molecule has 0 spiro atoms. The molecule has 0 aromatic carbocycles. The molecule has 1 atom stereocenters. The molecule has 7 nitrogen and oxygen atoms in total. The predicted octanol–water partition coefficient (Wildman–Crippen LogP) is 2.29. The summed E-state index contributed by atoms with van der Waals surface area (Å²) < 4.78 is 19.2. The number of hydrogen-bond acceptors (Lipinski definition) is 6. The van der Waals surface area contributed by atoms with Crippen molar-refractivity contribution in [2.75, 3.05) is 40.1 Å². The monoisotopic (exact) mass is 372 g/mol. The van der Waals surface area contributed by atoms with Gasteiger partial charge in [0.05, 0.1) is 31.8 Å². The van der Waals surface area contributed by atoms with Gasteiger partial charge >= 0.3 is 0 Å². The zero-order chi connectivity index (χ0) is 18.5. The van der Waals surface area contributed by atoms with E-state index in [4.69, 9.17) is 14.2 Å². The van der Waals surface area contributed by atoms with Gasteiger partial charge in [-0.25, -0.2) is 9.97 Å². The van der Waals surface area contributed by atoms with Crippen LogP contribution in [0.2, 0.25) is 0 Å². The molecule has 146 valence electrons. The summed E-state index contributed by atoms with van der Waals surface area (Å²) in [7, 11) is 1.67. The number of methoxy groups -OCH3 is 1. The van der Waals surface area contributed by atoms with Gasteiger partial charge < -0.3 is 18.8 Å². The van der Waals surface area contributed by atoms with Crippen molar-refractivity contribution in [2.45, 2.75) is 32.0 Å². The molecule has 4 rings (SSSR count). The lowest BCUT2D eigenvalue weighted by Crippen LogP contribution is -2.38. The lowest BCUT2D eigenvalue weighted by molar-refractivity contribution is 0.00514. The van der Waals surface area contributed by atoms with Crippen molar-refractivity contribution in [2.24, 2.45) is 5.92 Å². The highest BCUT2D eigenvalue weighted by atomic mass is 16.5. The summed E-state index contributed by atoms with van der Waals surface area (Å²) in [5.74, 6) is 1.32. The predicted molar refractivity (Wildman–Crippen MR) is 101 cm³/mol. The maximum atomic E-state index is 6.11. The molecule has 1 fully saturated rings. The number of hydrogen-bond donors (Lipinski definition) is 0. The highest BCUT2D eigenvalue weighted by Crippen LogP contribution is 2.25. The van der Waals surface area contributed by atoms with Crippen LogP contribution < -0.4 is 4.74 Å². The molecule has 2 aromatic rings. The average Bonchev–Trinajstić information content (AvgIpc) is 3.18. The molecule has 2 aliphatic rings. The van der Waals surface area contributed by atoms with Crippen LogP contribution in [0.15, 0.2) is 30.9 Å². The number of imidazole rings is 1. The van der Waals surface area contributed by atoms with Crippen LogP contribution >= 0.6 is 0 Å². The van der Waals surface area contributed by atoms with Crippen molar-refractivity contribution in [3.63, 3.8) is 0 Å². The normalized spacial score (nSPS) is 21.1. The van der Waals surface area contributed by atoms with Crippen LogP contribution in [0.4, 0.5) is 0 Å². The van der Waals surface area contributed by atoms with Crippen LogP contribution in [0.25, 0.3) is 0 Å². The smallest absolute Gasteiger partial charge is 0.217 e. The molecule has 0 amide bonds. The van der Waals surface area contributed by atoms with Crippen molar-refractivity contribution in [1.82, 2.24) is 19.4 Å². The summed E-state index contributed by atoms with van der Waals surface area (Å²) in [5.41, 5.74) is 2.33. The zero-order valence-corrected chi connectivity index (χ0v) is 15.9. The Bertz CT molecular complexity index is 730. The maximum absolute atomic E-state index is 6.11. The molecule has 2 aliphatic heterocycles. The van der Waals surface area contributed by atoms with Crippen LogP contribution in [-0.2, 0) is 22.6 Å². The summed E-state index contributed by atoms with van der Waals surface area (Å²) in [6, 6.07) is 4.31. The van der Waals surface area contributed by atoms with E-state index in [0.29, 0.717) is 18.4 Å². The quantitative estimate of drug-likeness (QED) is 0.743. The molecule has 2 aromatic heterocycles. The van der Waals surface area contributed by atoms with E-state index in [-0.39, 0.29) is 6.04 Å². The number of ether oxygens (including phenoxy) is 3. The lowest BCUT2D eigenvalue weighted by Gasteiger charge is -2.34. The second-order valence-electron chi connectivity index (χ2n) is 7.38. The van der Waals surface area contributed by atoms with Crippen molar-refractivity contribution < 1.29 is 14.2 Å². The fraction of sp³-hybridized carbons (Fsp3) is 0.600. The van der Waals surface area contributed by atoms with Crippen LogP contribution in [0.5, 0.6) is 5.88 Å². The van der Waals surface area contributed by atoms with Gasteiger partial charge in [-0.3, -0.25) is 4.90 Å². The Morgan fingerprint density at radius 2 is 2.15 bits per heavy atom. The van der Waals surface area contributed by atoms with Crippen molar-refractivity contribution in [3.8, 4) is 5.88 Å². The summed E-state index contributed by atoms with van der Waals surface area (Å²) in [5, 5.41) is 0. The second kappa shape index (κ2) is 8.82. The van der Waals surface area contributed by atoms with E-state index in [9.17, 15) is 0 Å². The Kier molecular flexibility index (Phi) is 6.01. The first-order chi connectivity index (χ1) is 13.3. The van der Waals surface area contributed by atoms with E-state index < -0.39 is 0 Å². The van der Waals surface area contributed by atoms with E-state index in [1.54, 1.807) is 13.3 Å². The van der Waals surface area contributed by atoms with Crippen LogP contribution in [0.1, 0.15) is 30.1 Å². The van der Waals surface area contributed by atoms with Gasteiger partial charge in [-0.2, -0.15) is 0 Å². The molecule has 0 aliphatic carbocycles. The molecule has 4 heterocycles. The van der Waals surface area contributed by atoms with E-state index >= 15 is 0 Å². The SMILES string of the molecule is COc1ncccc1CN1Cc2cncn2[C@H](COCC2CCOCC2)C1. The minimum absolute atomic E-state index is 0.277. The fourth-order valence-corrected chi connectivity index (χ4v) is 3.97. The summed E-state index contributed by atoms with van der Waals surface area (Å²) in [6.45, 7) is 5.86. The van der Waals surface area contributed by atoms with Gasteiger partial charge in [-0.15, -0.1) is 0 Å². The zero-order valence-electron chi connectivity index (χ0n) is 15.9. The average molecular weight is 372 g/mol. The van der Waals surface area contributed by atoms with E-state index in [0.717, 1.165) is 57.9 Å². The second-order valence-corrected chi connectivity index (χ2v) is 7.38. The number of rotatable bonds is 7. The summed E-state index contributed by atoms with van der Waals surface area (Å²) >= 11 is 0. The lowest BCUT2D eigenvalue weighted by atomic mass is 10.0. The van der Waals surface area contributed by atoms with Crippen LogP contribution in [-0.4, -0.2) is 59.5 Å². The molecule has 27 heavy (non-hydrogen) atoms. The molecule has 0 bridgehead atoms. The van der Waals surface area contributed by atoms with Gasteiger partial charge in [0.1, 0.15) is 0 Å². The maximum Gasteiger partial charge on any atom is 0.217 e. The number of nitrogens with zero attached hydrogens (tertiary/aromatic N) is 4. The molecule has 0 unspecified atom stereocenters. The molecule has 7 heteroatoms. The Balaban J connectivity index is 1.38.